The summed E-state index contributed by atoms with van der Waals surface area (Å²) in [6.07, 6.45) is 13.1. The Kier molecular flexibility index (Phi) is 5.67. The van der Waals surface area contributed by atoms with Crippen LogP contribution in [0.15, 0.2) is 23.3 Å². The maximum Gasteiger partial charge on any atom is 0.309 e. The Hall–Kier alpha value is -1.09. The zero-order valence-corrected chi connectivity index (χ0v) is 17.0. The molecule has 3 nitrogen and oxygen atoms in total. The quantitative estimate of drug-likeness (QED) is 0.692. The predicted octanol–water partition coefficient (Wildman–Crippen LogP) is 5.33. The van der Waals surface area contributed by atoms with E-state index in [9.17, 15) is 9.90 Å². The Bertz CT molecular complexity index is 591. The molecule has 1 aliphatic heterocycles. The van der Waals surface area contributed by atoms with Gasteiger partial charge in [0.25, 0.3) is 0 Å². The Balaban J connectivity index is 1.90. The van der Waals surface area contributed by atoms with Crippen molar-refractivity contribution in [2.45, 2.75) is 97.7 Å². The van der Waals surface area contributed by atoms with Crippen LogP contribution in [0.3, 0.4) is 0 Å². The molecule has 0 aromatic heterocycles. The third kappa shape index (κ3) is 4.60. The van der Waals surface area contributed by atoms with Gasteiger partial charge in [-0.3, -0.25) is 4.79 Å². The van der Waals surface area contributed by atoms with Gasteiger partial charge in [-0.05, 0) is 54.1 Å². The van der Waals surface area contributed by atoms with Gasteiger partial charge in [0, 0.05) is 6.42 Å². The first kappa shape index (κ1) is 19.7. The lowest BCUT2D eigenvalue weighted by atomic mass is 9.59. The SMILES string of the molecule is CC1(C)CC(C2CCCCC2)=C(C=CC2CC(O)CC(=O)O2)C(C)(C)C1. The molecule has 0 amide bonds. The molecule has 3 aliphatic rings. The van der Waals surface area contributed by atoms with Crippen molar-refractivity contribution in [2.24, 2.45) is 16.7 Å². The summed E-state index contributed by atoms with van der Waals surface area (Å²) in [6.45, 7) is 9.52. The molecule has 3 heteroatoms. The van der Waals surface area contributed by atoms with Crippen molar-refractivity contribution in [3.8, 4) is 0 Å². The minimum absolute atomic E-state index is 0.125. The zero-order chi connectivity index (χ0) is 18.9. The lowest BCUT2D eigenvalue weighted by Gasteiger charge is -2.46. The van der Waals surface area contributed by atoms with E-state index >= 15 is 0 Å². The number of aliphatic hydroxyl groups excluding tert-OH is 1. The summed E-state index contributed by atoms with van der Waals surface area (Å²) < 4.78 is 5.43. The number of cyclic esters (lactones) is 1. The van der Waals surface area contributed by atoms with Gasteiger partial charge in [-0.25, -0.2) is 0 Å². The first-order valence-corrected chi connectivity index (χ1v) is 10.5. The molecule has 0 aromatic carbocycles. The maximum absolute atomic E-state index is 11.6. The summed E-state index contributed by atoms with van der Waals surface area (Å²) in [5, 5.41) is 9.87. The van der Waals surface area contributed by atoms with Crippen molar-refractivity contribution in [3.63, 3.8) is 0 Å². The molecule has 2 unspecified atom stereocenters. The van der Waals surface area contributed by atoms with E-state index in [0.717, 1.165) is 0 Å². The minimum Gasteiger partial charge on any atom is -0.458 e. The number of carbonyl (C=O) groups is 1. The van der Waals surface area contributed by atoms with Gasteiger partial charge in [-0.15, -0.1) is 0 Å². The number of ether oxygens (including phenoxy) is 1. The molecule has 1 saturated heterocycles. The molecule has 0 bridgehead atoms. The highest BCUT2D eigenvalue weighted by Crippen LogP contribution is 2.52. The average Bonchev–Trinajstić information content (AvgIpc) is 2.51. The van der Waals surface area contributed by atoms with Crippen LogP contribution in [-0.4, -0.2) is 23.3 Å². The van der Waals surface area contributed by atoms with Gasteiger partial charge in [-0.2, -0.15) is 0 Å². The summed E-state index contributed by atoms with van der Waals surface area (Å²) in [5.41, 5.74) is 3.56. The Labute approximate surface area is 158 Å². The minimum atomic E-state index is -0.573. The van der Waals surface area contributed by atoms with E-state index in [1.54, 1.807) is 5.57 Å². The van der Waals surface area contributed by atoms with Gasteiger partial charge >= 0.3 is 5.97 Å². The van der Waals surface area contributed by atoms with Crippen LogP contribution in [0, 0.1) is 16.7 Å². The molecule has 0 radical (unpaired) electrons. The van der Waals surface area contributed by atoms with Crippen molar-refractivity contribution in [1.29, 1.82) is 0 Å². The summed E-state index contributed by atoms with van der Waals surface area (Å²) >= 11 is 0. The first-order valence-electron chi connectivity index (χ1n) is 10.5. The monoisotopic (exact) mass is 360 g/mol. The van der Waals surface area contributed by atoms with Crippen LogP contribution < -0.4 is 0 Å². The second-order valence-corrected chi connectivity index (χ2v) is 10.2. The standard InChI is InChI=1S/C23H36O3/c1-22(2)14-19(16-8-6-5-7-9-16)20(23(3,4)15-22)11-10-18-12-17(24)13-21(25)26-18/h10-11,16-18,24H,5-9,12-15H2,1-4H3. The molecule has 3 rings (SSSR count). The van der Waals surface area contributed by atoms with Crippen molar-refractivity contribution in [2.75, 3.05) is 0 Å². The number of carbonyl (C=O) groups excluding carboxylic acids is 1. The van der Waals surface area contributed by atoms with Crippen molar-refractivity contribution >= 4 is 5.97 Å². The lowest BCUT2D eigenvalue weighted by Crippen LogP contribution is -2.34. The molecule has 0 spiro atoms. The molecule has 146 valence electrons. The van der Waals surface area contributed by atoms with Gasteiger partial charge in [0.2, 0.25) is 0 Å². The zero-order valence-electron chi connectivity index (χ0n) is 17.0. The van der Waals surface area contributed by atoms with Gasteiger partial charge in [0.15, 0.2) is 0 Å². The van der Waals surface area contributed by atoms with Gasteiger partial charge in [0.05, 0.1) is 12.5 Å². The number of esters is 1. The third-order valence-electron chi connectivity index (χ3n) is 6.43. The highest BCUT2D eigenvalue weighted by Gasteiger charge is 2.40. The van der Waals surface area contributed by atoms with Crippen molar-refractivity contribution in [3.05, 3.63) is 23.3 Å². The molecular weight excluding hydrogens is 324 g/mol. The largest absolute Gasteiger partial charge is 0.458 e. The van der Waals surface area contributed by atoms with E-state index in [0.29, 0.717) is 17.8 Å². The molecule has 26 heavy (non-hydrogen) atoms. The molecular formula is C23H36O3. The number of aliphatic hydroxyl groups is 1. The highest BCUT2D eigenvalue weighted by atomic mass is 16.5. The molecule has 2 aliphatic carbocycles. The van der Waals surface area contributed by atoms with E-state index in [4.69, 9.17) is 4.74 Å². The Morgan fingerprint density at radius 1 is 1.12 bits per heavy atom. The maximum atomic E-state index is 11.6. The molecule has 0 aromatic rings. The van der Waals surface area contributed by atoms with E-state index in [-0.39, 0.29) is 23.9 Å². The normalized spacial score (nSPS) is 32.7. The topological polar surface area (TPSA) is 46.5 Å². The van der Waals surface area contributed by atoms with Crippen LogP contribution in [0.1, 0.15) is 85.5 Å². The predicted molar refractivity (Wildman–Crippen MR) is 105 cm³/mol. The summed E-state index contributed by atoms with van der Waals surface area (Å²) in [6, 6.07) is 0. The Morgan fingerprint density at radius 3 is 2.46 bits per heavy atom. The van der Waals surface area contributed by atoms with Crippen molar-refractivity contribution in [1.82, 2.24) is 0 Å². The molecule has 2 atom stereocenters. The van der Waals surface area contributed by atoms with Crippen LogP contribution in [0.2, 0.25) is 0 Å². The number of allylic oxidation sites excluding steroid dienone is 3. The van der Waals surface area contributed by atoms with Crippen LogP contribution >= 0.6 is 0 Å². The fourth-order valence-corrected chi connectivity index (χ4v) is 5.68. The van der Waals surface area contributed by atoms with E-state index < -0.39 is 6.10 Å². The van der Waals surface area contributed by atoms with Crippen LogP contribution in [0.5, 0.6) is 0 Å². The number of hydrogen-bond acceptors (Lipinski definition) is 3. The summed E-state index contributed by atoms with van der Waals surface area (Å²) in [7, 11) is 0. The van der Waals surface area contributed by atoms with Gasteiger partial charge < -0.3 is 9.84 Å². The fraction of sp³-hybridized carbons (Fsp3) is 0.783. The smallest absolute Gasteiger partial charge is 0.309 e. The first-order chi connectivity index (χ1) is 12.2. The van der Waals surface area contributed by atoms with Crippen LogP contribution in [0.4, 0.5) is 0 Å². The fourth-order valence-electron chi connectivity index (χ4n) is 5.68. The van der Waals surface area contributed by atoms with Gasteiger partial charge in [0.1, 0.15) is 6.10 Å². The summed E-state index contributed by atoms with van der Waals surface area (Å²) in [4.78, 5) is 11.6. The van der Waals surface area contributed by atoms with Crippen LogP contribution in [-0.2, 0) is 9.53 Å². The molecule has 2 fully saturated rings. The average molecular weight is 361 g/mol. The second kappa shape index (κ2) is 7.50. The van der Waals surface area contributed by atoms with E-state index in [1.807, 2.05) is 6.08 Å². The lowest BCUT2D eigenvalue weighted by molar-refractivity contribution is -0.156. The Morgan fingerprint density at radius 2 is 1.81 bits per heavy atom. The molecule has 1 heterocycles. The van der Waals surface area contributed by atoms with Gasteiger partial charge in [-0.1, -0.05) is 58.6 Å². The van der Waals surface area contributed by atoms with E-state index in [1.165, 1.54) is 50.5 Å². The van der Waals surface area contributed by atoms with E-state index in [2.05, 4.69) is 33.8 Å². The molecule has 1 N–H and O–H groups in total. The summed E-state index contributed by atoms with van der Waals surface area (Å²) in [5.74, 6) is 0.422. The third-order valence-corrected chi connectivity index (χ3v) is 6.43. The second-order valence-electron chi connectivity index (χ2n) is 10.2. The number of rotatable bonds is 3. The van der Waals surface area contributed by atoms with Crippen LogP contribution in [0.25, 0.3) is 0 Å². The number of hydrogen-bond donors (Lipinski definition) is 1. The highest BCUT2D eigenvalue weighted by molar-refractivity contribution is 5.71. The van der Waals surface area contributed by atoms with Crippen molar-refractivity contribution < 1.29 is 14.6 Å². The molecule has 1 saturated carbocycles.